The molecule has 1 aliphatic rings. The Bertz CT molecular complexity index is 937. The molecule has 0 bridgehead atoms. The van der Waals surface area contributed by atoms with Gasteiger partial charge in [-0.3, -0.25) is 5.32 Å². The van der Waals surface area contributed by atoms with Crippen LogP contribution in [-0.2, 0) is 6.61 Å². The number of nitrogens with one attached hydrogen (secondary N) is 2. The average Bonchev–Trinajstić information content (AvgIpc) is 3.06. The van der Waals surface area contributed by atoms with Gasteiger partial charge in [-0.25, -0.2) is 9.78 Å². The van der Waals surface area contributed by atoms with Crippen molar-refractivity contribution in [1.29, 1.82) is 0 Å². The topological polar surface area (TPSA) is 72.5 Å². The molecule has 0 aliphatic carbocycles. The second-order valence-electron chi connectivity index (χ2n) is 5.61. The highest BCUT2D eigenvalue weighted by Gasteiger charge is 2.22. The van der Waals surface area contributed by atoms with E-state index in [1.54, 1.807) is 12.1 Å². The third-order valence-corrected chi connectivity index (χ3v) is 4.79. The first kappa shape index (κ1) is 16.4. The molecule has 2 N–H and O–H groups in total. The van der Waals surface area contributed by atoms with Gasteiger partial charge in [0.1, 0.15) is 18.1 Å². The Morgan fingerprint density at radius 1 is 1.19 bits per heavy atom. The van der Waals surface area contributed by atoms with Crippen LogP contribution in [0.2, 0.25) is 0 Å². The van der Waals surface area contributed by atoms with Crippen LogP contribution in [0.25, 0.3) is 11.3 Å². The van der Waals surface area contributed by atoms with Crippen LogP contribution in [0.3, 0.4) is 0 Å². The number of carbonyl (C=O) groups is 1. The maximum Gasteiger partial charge on any atom is 0.325 e. The lowest BCUT2D eigenvalue weighted by Crippen LogP contribution is -2.19. The normalized spacial score (nSPS) is 11.7. The first-order chi connectivity index (χ1) is 12.7. The molecule has 0 unspecified atom stereocenters. The van der Waals surface area contributed by atoms with Crippen LogP contribution >= 0.6 is 11.3 Å². The Balaban J connectivity index is 1.45. The average molecular weight is 367 g/mol. The van der Waals surface area contributed by atoms with Crippen LogP contribution in [0.5, 0.6) is 11.5 Å². The van der Waals surface area contributed by atoms with Crippen molar-refractivity contribution in [3.8, 4) is 22.8 Å². The molecule has 0 atom stereocenters. The van der Waals surface area contributed by atoms with E-state index in [4.69, 9.17) is 9.47 Å². The summed E-state index contributed by atoms with van der Waals surface area (Å²) in [6.07, 6.45) is 0. The Morgan fingerprint density at radius 3 is 2.81 bits per heavy atom. The second kappa shape index (κ2) is 7.05. The fourth-order valence-electron chi connectivity index (χ4n) is 2.71. The van der Waals surface area contributed by atoms with E-state index in [0.29, 0.717) is 24.0 Å². The minimum absolute atomic E-state index is 0.338. The summed E-state index contributed by atoms with van der Waals surface area (Å²) in [6, 6.07) is 14.6. The zero-order valence-electron chi connectivity index (χ0n) is 14.1. The van der Waals surface area contributed by atoms with E-state index in [1.807, 2.05) is 43.3 Å². The summed E-state index contributed by atoms with van der Waals surface area (Å²) >= 11 is 1.42. The summed E-state index contributed by atoms with van der Waals surface area (Å²) in [4.78, 5) is 17.8. The summed E-state index contributed by atoms with van der Waals surface area (Å²) < 4.78 is 11.1. The number of nitrogens with zero attached hydrogens (tertiary/aromatic N) is 1. The van der Waals surface area contributed by atoms with Crippen molar-refractivity contribution in [2.75, 3.05) is 17.2 Å². The van der Waals surface area contributed by atoms with Gasteiger partial charge in [-0.1, -0.05) is 23.5 Å². The Kier molecular flexibility index (Phi) is 4.45. The Hall–Kier alpha value is -3.06. The molecule has 0 fully saturated rings. The number of anilines is 2. The lowest BCUT2D eigenvalue weighted by atomic mass is 10.1. The van der Waals surface area contributed by atoms with Crippen molar-refractivity contribution in [3.05, 3.63) is 53.4 Å². The number of para-hydroxylation sites is 1. The molecule has 132 valence electrons. The van der Waals surface area contributed by atoms with Crippen LogP contribution in [0.4, 0.5) is 15.6 Å². The van der Waals surface area contributed by atoms with E-state index in [9.17, 15) is 4.79 Å². The predicted octanol–water partition coefficient (Wildman–Crippen LogP) is 4.75. The molecule has 26 heavy (non-hydrogen) atoms. The maximum absolute atomic E-state index is 12.2. The molecule has 0 radical (unpaired) electrons. The third kappa shape index (κ3) is 3.34. The molecule has 0 spiro atoms. The number of urea groups is 1. The van der Waals surface area contributed by atoms with E-state index < -0.39 is 0 Å². The van der Waals surface area contributed by atoms with Crippen molar-refractivity contribution < 1.29 is 14.3 Å². The van der Waals surface area contributed by atoms with Gasteiger partial charge in [-0.2, -0.15) is 0 Å². The third-order valence-electron chi connectivity index (χ3n) is 3.84. The Morgan fingerprint density at radius 2 is 2.00 bits per heavy atom. The number of aromatic nitrogens is 1. The van der Waals surface area contributed by atoms with E-state index in [0.717, 1.165) is 27.6 Å². The fraction of sp³-hybridized carbons (Fsp3) is 0.158. The van der Waals surface area contributed by atoms with Gasteiger partial charge >= 0.3 is 6.03 Å². The summed E-state index contributed by atoms with van der Waals surface area (Å²) in [7, 11) is 0. The van der Waals surface area contributed by atoms with Crippen LogP contribution in [-0.4, -0.2) is 17.6 Å². The van der Waals surface area contributed by atoms with Gasteiger partial charge in [-0.15, -0.1) is 0 Å². The highest BCUT2D eigenvalue weighted by atomic mass is 32.1. The number of rotatable bonds is 4. The van der Waals surface area contributed by atoms with Gasteiger partial charge in [0.05, 0.1) is 17.2 Å². The first-order valence-electron chi connectivity index (χ1n) is 8.25. The zero-order chi connectivity index (χ0) is 17.9. The minimum atomic E-state index is -0.338. The molecule has 6 nitrogen and oxygen atoms in total. The molecular weight excluding hydrogens is 350 g/mol. The summed E-state index contributed by atoms with van der Waals surface area (Å²) in [5, 5.41) is 6.12. The number of ether oxygens (including phenoxy) is 2. The summed E-state index contributed by atoms with van der Waals surface area (Å²) in [5.41, 5.74) is 2.50. The molecule has 0 saturated carbocycles. The minimum Gasteiger partial charge on any atom is -0.494 e. The highest BCUT2D eigenvalue weighted by Crippen LogP contribution is 2.40. The summed E-state index contributed by atoms with van der Waals surface area (Å²) in [6.45, 7) is 3.00. The SMILES string of the molecule is CCOc1ccc(NC(=O)Nc2nc3c(s2)COc2ccccc2-3)cc1. The lowest BCUT2D eigenvalue weighted by Gasteiger charge is -2.15. The van der Waals surface area contributed by atoms with Crippen molar-refractivity contribution in [1.82, 2.24) is 4.98 Å². The smallest absolute Gasteiger partial charge is 0.325 e. The van der Waals surface area contributed by atoms with E-state index in [1.165, 1.54) is 11.3 Å². The maximum atomic E-state index is 12.2. The molecule has 7 heteroatoms. The molecule has 0 saturated heterocycles. The van der Waals surface area contributed by atoms with Crippen LogP contribution in [0, 0.1) is 0 Å². The number of amides is 2. The van der Waals surface area contributed by atoms with Crippen molar-refractivity contribution >= 4 is 28.2 Å². The fourth-order valence-corrected chi connectivity index (χ4v) is 3.59. The van der Waals surface area contributed by atoms with Crippen molar-refractivity contribution in [2.24, 2.45) is 0 Å². The van der Waals surface area contributed by atoms with Gasteiger partial charge < -0.3 is 14.8 Å². The largest absolute Gasteiger partial charge is 0.494 e. The van der Waals surface area contributed by atoms with Gasteiger partial charge in [0, 0.05) is 11.3 Å². The second-order valence-corrected chi connectivity index (χ2v) is 6.70. The van der Waals surface area contributed by atoms with E-state index >= 15 is 0 Å². The van der Waals surface area contributed by atoms with Crippen molar-refractivity contribution in [2.45, 2.75) is 13.5 Å². The van der Waals surface area contributed by atoms with Gasteiger partial charge in [0.2, 0.25) is 0 Å². The number of benzene rings is 2. The van der Waals surface area contributed by atoms with Gasteiger partial charge in [-0.05, 0) is 43.3 Å². The highest BCUT2D eigenvalue weighted by molar-refractivity contribution is 7.16. The van der Waals surface area contributed by atoms with Crippen molar-refractivity contribution in [3.63, 3.8) is 0 Å². The van der Waals surface area contributed by atoms with Gasteiger partial charge in [0.15, 0.2) is 5.13 Å². The zero-order valence-corrected chi connectivity index (χ0v) is 14.9. The van der Waals surface area contributed by atoms with E-state index in [2.05, 4.69) is 15.6 Å². The number of fused-ring (bicyclic) bond motifs is 3. The monoisotopic (exact) mass is 367 g/mol. The number of thiazole rings is 1. The number of hydrogen-bond acceptors (Lipinski definition) is 5. The number of hydrogen-bond donors (Lipinski definition) is 2. The molecule has 4 rings (SSSR count). The van der Waals surface area contributed by atoms with E-state index in [-0.39, 0.29) is 6.03 Å². The standard InChI is InChI=1S/C19H17N3O3S/c1-2-24-13-9-7-12(8-10-13)20-18(23)22-19-21-17-14-5-3-4-6-15(14)25-11-16(17)26-19/h3-10H,2,11H2,1H3,(H2,20,21,22,23). The Labute approximate surface area is 154 Å². The summed E-state index contributed by atoms with van der Waals surface area (Å²) in [5.74, 6) is 1.58. The molecule has 3 aromatic rings. The molecule has 2 amide bonds. The quantitative estimate of drug-likeness (QED) is 0.698. The first-order valence-corrected chi connectivity index (χ1v) is 9.07. The molecule has 1 aromatic heterocycles. The molecule has 2 heterocycles. The lowest BCUT2D eigenvalue weighted by molar-refractivity contribution is 0.262. The predicted molar refractivity (Wildman–Crippen MR) is 102 cm³/mol. The molecule has 2 aromatic carbocycles. The van der Waals surface area contributed by atoms with Crippen LogP contribution < -0.4 is 20.1 Å². The van der Waals surface area contributed by atoms with Crippen LogP contribution in [0.15, 0.2) is 48.5 Å². The van der Waals surface area contributed by atoms with Crippen LogP contribution in [0.1, 0.15) is 11.8 Å². The number of carbonyl (C=O) groups excluding carboxylic acids is 1. The van der Waals surface area contributed by atoms with Gasteiger partial charge in [0.25, 0.3) is 0 Å². The molecule has 1 aliphatic heterocycles. The molecular formula is C19H17N3O3S.